The van der Waals surface area contributed by atoms with Gasteiger partial charge in [0.05, 0.1) is 47.9 Å². The molecule has 18 heteroatoms. The molecule has 2 aliphatic carbocycles. The molecule has 388 valence electrons. The molecule has 3 aromatic carbocycles. The summed E-state index contributed by atoms with van der Waals surface area (Å²) in [7, 11) is -2.71. The van der Waals surface area contributed by atoms with E-state index >= 15 is 0 Å². The molecular formula is C54H72N8O9S. The smallest absolute Gasteiger partial charge is 0.293 e. The van der Waals surface area contributed by atoms with E-state index in [0.29, 0.717) is 44.6 Å². The van der Waals surface area contributed by atoms with E-state index in [0.717, 1.165) is 119 Å². The predicted molar refractivity (Wildman–Crippen MR) is 277 cm³/mol. The Bertz CT molecular complexity index is 2660. The van der Waals surface area contributed by atoms with Gasteiger partial charge in [-0.25, -0.2) is 18.1 Å². The number of methoxy groups -OCH3 is 1. The Morgan fingerprint density at radius 2 is 1.67 bits per heavy atom. The van der Waals surface area contributed by atoms with Gasteiger partial charge in [-0.15, -0.1) is 0 Å². The van der Waals surface area contributed by atoms with E-state index in [1.165, 1.54) is 17.7 Å². The molecule has 1 amide bonds. The second-order valence-corrected chi connectivity index (χ2v) is 23.0. The summed E-state index contributed by atoms with van der Waals surface area (Å²) >= 11 is 0. The van der Waals surface area contributed by atoms with Crippen LogP contribution in [0.2, 0.25) is 0 Å². The lowest BCUT2D eigenvalue weighted by Gasteiger charge is -2.62. The van der Waals surface area contributed by atoms with Crippen LogP contribution in [0.4, 0.5) is 22.9 Å². The number of aliphatic hydroxyl groups is 1. The third-order valence-electron chi connectivity index (χ3n) is 16.3. The van der Waals surface area contributed by atoms with Gasteiger partial charge in [-0.3, -0.25) is 24.7 Å². The highest BCUT2D eigenvalue weighted by Crippen LogP contribution is 2.57. The molecule has 1 spiro atoms. The number of piperidine rings is 1. The van der Waals surface area contributed by atoms with Crippen LogP contribution in [-0.4, -0.2) is 130 Å². The summed E-state index contributed by atoms with van der Waals surface area (Å²) in [6.45, 7) is 17.1. The van der Waals surface area contributed by atoms with E-state index in [1.54, 1.807) is 19.2 Å². The van der Waals surface area contributed by atoms with Crippen LogP contribution in [0.1, 0.15) is 100 Å². The summed E-state index contributed by atoms with van der Waals surface area (Å²) in [6, 6.07) is 21.8. The van der Waals surface area contributed by atoms with E-state index in [4.69, 9.17) is 19.2 Å². The molecule has 3 saturated heterocycles. The second-order valence-electron chi connectivity index (χ2n) is 21.3. The second kappa shape index (κ2) is 21.5. The largest absolute Gasteiger partial charge is 0.493 e. The number of benzene rings is 3. The van der Waals surface area contributed by atoms with Gasteiger partial charge < -0.3 is 34.4 Å². The number of morpholine rings is 1. The first-order chi connectivity index (χ1) is 34.5. The molecular weight excluding hydrogens is 937 g/mol. The number of sulfonamides is 1. The van der Waals surface area contributed by atoms with Crippen molar-refractivity contribution < 1.29 is 37.5 Å². The van der Waals surface area contributed by atoms with Gasteiger partial charge in [0.25, 0.3) is 21.6 Å². The van der Waals surface area contributed by atoms with Gasteiger partial charge in [0.15, 0.2) is 11.6 Å². The van der Waals surface area contributed by atoms with Crippen LogP contribution in [0.5, 0.6) is 11.5 Å². The fourth-order valence-corrected chi connectivity index (χ4v) is 12.9. The summed E-state index contributed by atoms with van der Waals surface area (Å²) in [5, 5.41) is 25.4. The van der Waals surface area contributed by atoms with Gasteiger partial charge in [0.1, 0.15) is 11.4 Å². The molecule has 0 radical (unpaired) electrons. The number of hydrogen-bond acceptors (Lipinski definition) is 15. The van der Waals surface area contributed by atoms with Crippen molar-refractivity contribution in [1.82, 2.24) is 19.5 Å². The van der Waals surface area contributed by atoms with Crippen LogP contribution in [0.15, 0.2) is 83.9 Å². The minimum atomic E-state index is -4.43. The first-order valence-corrected chi connectivity index (χ1v) is 27.3. The fourth-order valence-electron chi connectivity index (χ4n) is 11.9. The maximum atomic E-state index is 13.4. The molecule has 4 aromatic rings. The number of nitrogens with one attached hydrogen (secondary N) is 2. The lowest BCUT2D eigenvalue weighted by Crippen LogP contribution is -2.64. The number of anilines is 3. The molecule has 9 rings (SSSR count). The summed E-state index contributed by atoms with van der Waals surface area (Å²) < 4.78 is 46.8. The monoisotopic (exact) mass is 1010 g/mol. The average molecular weight is 1010 g/mol. The number of carbonyl (C=O) groups is 1. The highest BCUT2D eigenvalue weighted by molar-refractivity contribution is 7.90. The number of nitrogens with zero attached hydrogens (tertiary/aromatic N) is 6. The van der Waals surface area contributed by atoms with Gasteiger partial charge in [0.2, 0.25) is 0 Å². The van der Waals surface area contributed by atoms with Crippen molar-refractivity contribution in [2.75, 3.05) is 87.8 Å². The van der Waals surface area contributed by atoms with Crippen LogP contribution >= 0.6 is 0 Å². The molecule has 3 aliphatic heterocycles. The zero-order valence-electron chi connectivity index (χ0n) is 42.4. The number of aromatic nitrogens is 1. The SMILES string of the molecule is COc1cc(CN2CCN([C@@H]3CC4(CCN(c5ccc(C(=O)NS(=O)(=O)c6ccc(NCC7CCC(C)(O)CC7)c([N+](=O)[O-])c6)cc5)CC4)[C@H]3C)[C@@H](c3ccccc3OC(C)C)C2)cnc1N1CCOCC1. The van der Waals surface area contributed by atoms with Gasteiger partial charge >= 0.3 is 0 Å². The fraction of sp³-hybridized carbons (Fsp3) is 0.556. The number of carbonyl (C=O) groups excluding carboxylic acids is 1. The third-order valence-corrected chi connectivity index (χ3v) is 17.6. The third kappa shape index (κ3) is 11.3. The Morgan fingerprint density at radius 1 is 0.944 bits per heavy atom. The van der Waals surface area contributed by atoms with Gasteiger partial charge in [-0.05, 0) is 137 Å². The minimum Gasteiger partial charge on any atom is -0.493 e. The zero-order chi connectivity index (χ0) is 50.8. The standard InChI is InChI=1S/C54H72N8O9S/c1-37(2)71-49-9-7-6-8-44(49)48-36-58(35-40-30-50(69-5)51(56-34-40)60-26-28-70-29-27-60)24-25-61(48)47-32-54(38(47)3)20-22-59(23-21-54)42-12-10-41(11-13-42)52(63)57-72(67,68)43-14-15-45(46(31-43)62(65)66)55-33-39-16-18-53(4,64)19-17-39/h6-15,30-31,34,37-39,47-48,55,64H,16-29,32-33,35-36H2,1-5H3,(H,57,63)/t38-,39?,47+,48+,53?/m0/s1. The van der Waals surface area contributed by atoms with Crippen LogP contribution in [0.3, 0.4) is 0 Å². The van der Waals surface area contributed by atoms with Crippen molar-refractivity contribution in [2.45, 2.75) is 108 Å². The Balaban J connectivity index is 0.812. The summed E-state index contributed by atoms with van der Waals surface area (Å²) in [6.07, 6.45) is 8.12. The average Bonchev–Trinajstić information content (AvgIpc) is 3.38. The highest BCUT2D eigenvalue weighted by atomic mass is 32.2. The molecule has 17 nitrogen and oxygen atoms in total. The maximum Gasteiger partial charge on any atom is 0.293 e. The van der Waals surface area contributed by atoms with Crippen LogP contribution in [0, 0.1) is 27.4 Å². The molecule has 2 saturated carbocycles. The first kappa shape index (κ1) is 51.4. The van der Waals surface area contributed by atoms with E-state index in [1.807, 2.05) is 25.3 Å². The molecule has 4 heterocycles. The molecule has 3 N–H and O–H groups in total. The Morgan fingerprint density at radius 3 is 2.35 bits per heavy atom. The molecule has 72 heavy (non-hydrogen) atoms. The van der Waals surface area contributed by atoms with Crippen molar-refractivity contribution in [3.8, 4) is 11.5 Å². The predicted octanol–water partition coefficient (Wildman–Crippen LogP) is 7.65. The molecule has 0 bridgehead atoms. The number of amides is 1. The number of nitro benzene ring substituents is 1. The number of rotatable bonds is 16. The van der Waals surface area contributed by atoms with Crippen molar-refractivity contribution in [3.63, 3.8) is 0 Å². The summed E-state index contributed by atoms with van der Waals surface area (Å²) in [4.78, 5) is 39.1. The van der Waals surface area contributed by atoms with Crippen LogP contribution in [-0.2, 0) is 21.3 Å². The number of ether oxygens (including phenoxy) is 3. The van der Waals surface area contributed by atoms with Crippen molar-refractivity contribution in [2.24, 2.45) is 17.3 Å². The number of pyridine rings is 1. The molecule has 1 aromatic heterocycles. The van der Waals surface area contributed by atoms with E-state index < -0.39 is 32.1 Å². The zero-order valence-corrected chi connectivity index (χ0v) is 43.2. The lowest BCUT2D eigenvalue weighted by atomic mass is 9.53. The summed E-state index contributed by atoms with van der Waals surface area (Å²) in [5.74, 6) is 2.49. The summed E-state index contributed by atoms with van der Waals surface area (Å²) in [5.41, 5.74) is 2.80. The number of piperazine rings is 1. The normalized spacial score (nSPS) is 24.9. The minimum absolute atomic E-state index is 0.0483. The molecule has 3 atom stereocenters. The Kier molecular flexibility index (Phi) is 15.3. The van der Waals surface area contributed by atoms with Crippen molar-refractivity contribution in [1.29, 1.82) is 0 Å². The molecule has 5 fully saturated rings. The molecule has 0 unspecified atom stereocenters. The van der Waals surface area contributed by atoms with Gasteiger partial charge in [0, 0.05) is 94.0 Å². The van der Waals surface area contributed by atoms with Gasteiger partial charge in [-0.2, -0.15) is 0 Å². The quantitative estimate of drug-likeness (QED) is 0.0732. The number of nitro groups is 1. The van der Waals surface area contributed by atoms with Crippen molar-refractivity contribution >= 4 is 38.8 Å². The van der Waals surface area contributed by atoms with E-state index in [-0.39, 0.29) is 39.6 Å². The van der Waals surface area contributed by atoms with Crippen molar-refractivity contribution in [3.05, 3.63) is 106 Å². The first-order valence-electron chi connectivity index (χ1n) is 25.8. The lowest BCUT2D eigenvalue weighted by molar-refractivity contribution is -0.384. The van der Waals surface area contributed by atoms with E-state index in [9.17, 15) is 28.4 Å². The van der Waals surface area contributed by atoms with E-state index in [2.05, 4.69) is 80.7 Å². The Labute approximate surface area is 424 Å². The van der Waals surface area contributed by atoms with Crippen LogP contribution in [0.25, 0.3) is 0 Å². The Hall–Kier alpha value is -5.53. The topological polar surface area (TPSA) is 192 Å². The maximum absolute atomic E-state index is 13.4. The molecule has 5 aliphatic rings. The van der Waals surface area contributed by atoms with Gasteiger partial charge in [-0.1, -0.05) is 25.1 Å². The highest BCUT2D eigenvalue weighted by Gasteiger charge is 2.55. The van der Waals surface area contributed by atoms with Crippen LogP contribution < -0.4 is 29.3 Å². The number of hydrogen-bond donors (Lipinski definition) is 3. The number of para-hydroxylation sites is 1.